The van der Waals surface area contributed by atoms with Gasteiger partial charge in [0.1, 0.15) is 6.61 Å². The molecule has 0 aromatic rings. The molecule has 0 bridgehead atoms. The Morgan fingerprint density at radius 1 is 1.88 bits per heavy atom. The molecule has 2 heteroatoms. The van der Waals surface area contributed by atoms with Crippen LogP contribution in [0, 0.1) is 0 Å². The summed E-state index contributed by atoms with van der Waals surface area (Å²) >= 11 is 5.41. The van der Waals surface area contributed by atoms with Crippen molar-refractivity contribution in [2.75, 3.05) is 6.61 Å². The number of halogens is 1. The van der Waals surface area contributed by atoms with E-state index in [9.17, 15) is 0 Å². The van der Waals surface area contributed by atoms with Gasteiger partial charge in [0.2, 0.25) is 0 Å². The van der Waals surface area contributed by atoms with Gasteiger partial charge in [-0.05, 0) is 0 Å². The third kappa shape index (κ3) is 3.54. The SMILES string of the molecule is C=C=C(Cl)COC=C. The second-order valence-corrected chi connectivity index (χ2v) is 1.52. The number of hydrogen-bond acceptors (Lipinski definition) is 1. The lowest BCUT2D eigenvalue weighted by atomic mass is 10.6. The summed E-state index contributed by atoms with van der Waals surface area (Å²) in [7, 11) is 0. The van der Waals surface area contributed by atoms with Crippen molar-refractivity contribution in [2.24, 2.45) is 0 Å². The quantitative estimate of drug-likeness (QED) is 0.420. The molecule has 0 spiro atoms. The second-order valence-electron chi connectivity index (χ2n) is 1.06. The summed E-state index contributed by atoms with van der Waals surface area (Å²) in [4.78, 5) is 0. The maximum Gasteiger partial charge on any atom is 0.130 e. The molecule has 0 saturated carbocycles. The Labute approximate surface area is 53.9 Å². The molecular formula is C6H7ClO. The first-order valence-electron chi connectivity index (χ1n) is 2.08. The molecule has 0 unspecified atom stereocenters. The molecule has 8 heavy (non-hydrogen) atoms. The lowest BCUT2D eigenvalue weighted by Gasteiger charge is -1.92. The Kier molecular flexibility index (Phi) is 4.14. The van der Waals surface area contributed by atoms with Crippen LogP contribution < -0.4 is 0 Å². The minimum Gasteiger partial charge on any atom is -0.496 e. The largest absolute Gasteiger partial charge is 0.496 e. The van der Waals surface area contributed by atoms with E-state index in [4.69, 9.17) is 11.6 Å². The molecule has 0 N–H and O–H groups in total. The maximum atomic E-state index is 5.41. The number of hydrogen-bond donors (Lipinski definition) is 0. The predicted octanol–water partition coefficient (Wildman–Crippen LogP) is 2.05. The zero-order valence-electron chi connectivity index (χ0n) is 4.48. The fraction of sp³-hybridized carbons (Fsp3) is 0.167. The van der Waals surface area contributed by atoms with Crippen LogP contribution in [-0.4, -0.2) is 6.61 Å². The fourth-order valence-corrected chi connectivity index (χ4v) is 0.246. The van der Waals surface area contributed by atoms with E-state index in [-0.39, 0.29) is 0 Å². The van der Waals surface area contributed by atoms with Crippen molar-refractivity contribution in [3.8, 4) is 0 Å². The monoisotopic (exact) mass is 130 g/mol. The molecule has 0 aliphatic heterocycles. The summed E-state index contributed by atoms with van der Waals surface area (Å²) in [5.41, 5.74) is 2.46. The standard InChI is InChI=1S/C6H7ClO/c1-3-6(7)5-8-4-2/h4H,1-2,5H2. The van der Waals surface area contributed by atoms with Crippen LogP contribution >= 0.6 is 11.6 Å². The third-order valence-electron chi connectivity index (χ3n) is 0.520. The average Bonchev–Trinajstić information content (AvgIpc) is 1.83. The van der Waals surface area contributed by atoms with Gasteiger partial charge in [-0.1, -0.05) is 24.8 Å². The van der Waals surface area contributed by atoms with Gasteiger partial charge >= 0.3 is 0 Å². The normalized spacial score (nSPS) is 7.12. The molecular weight excluding hydrogens is 124 g/mol. The molecule has 0 aliphatic carbocycles. The van der Waals surface area contributed by atoms with Crippen LogP contribution in [0.25, 0.3) is 0 Å². The summed E-state index contributed by atoms with van der Waals surface area (Å²) in [5, 5.41) is 0.463. The molecule has 0 aliphatic rings. The van der Waals surface area contributed by atoms with Gasteiger partial charge < -0.3 is 4.74 Å². The van der Waals surface area contributed by atoms with Crippen LogP contribution in [0.4, 0.5) is 0 Å². The van der Waals surface area contributed by atoms with Gasteiger partial charge in [0.05, 0.1) is 11.3 Å². The third-order valence-corrected chi connectivity index (χ3v) is 0.762. The van der Waals surface area contributed by atoms with E-state index < -0.39 is 0 Å². The Hall–Kier alpha value is -0.650. The minimum absolute atomic E-state index is 0.314. The summed E-state index contributed by atoms with van der Waals surface area (Å²) in [6.45, 7) is 6.94. The van der Waals surface area contributed by atoms with Gasteiger partial charge in [0.15, 0.2) is 0 Å². The first kappa shape index (κ1) is 7.35. The fourth-order valence-electron chi connectivity index (χ4n) is 0.183. The molecule has 0 saturated heterocycles. The molecule has 0 rings (SSSR count). The van der Waals surface area contributed by atoms with Gasteiger partial charge in [-0.15, -0.1) is 5.73 Å². The maximum absolute atomic E-state index is 5.41. The van der Waals surface area contributed by atoms with Crippen LogP contribution in [0.15, 0.2) is 30.2 Å². The predicted molar refractivity (Wildman–Crippen MR) is 34.7 cm³/mol. The van der Waals surface area contributed by atoms with Crippen molar-refractivity contribution in [2.45, 2.75) is 0 Å². The highest BCUT2D eigenvalue weighted by Gasteiger charge is 1.83. The van der Waals surface area contributed by atoms with Crippen molar-refractivity contribution in [3.05, 3.63) is 30.2 Å². The highest BCUT2D eigenvalue weighted by Crippen LogP contribution is 1.97. The number of ether oxygens (including phenoxy) is 1. The van der Waals surface area contributed by atoms with Crippen LogP contribution in [0.2, 0.25) is 0 Å². The zero-order valence-corrected chi connectivity index (χ0v) is 5.24. The van der Waals surface area contributed by atoms with Crippen LogP contribution in [0.3, 0.4) is 0 Å². The lowest BCUT2D eigenvalue weighted by Crippen LogP contribution is -1.82. The summed E-state index contributed by atoms with van der Waals surface area (Å²) in [6, 6.07) is 0. The Morgan fingerprint density at radius 2 is 2.50 bits per heavy atom. The summed E-state index contributed by atoms with van der Waals surface area (Å²) < 4.78 is 4.68. The van der Waals surface area contributed by atoms with E-state index in [2.05, 4.69) is 23.6 Å². The van der Waals surface area contributed by atoms with Crippen LogP contribution in [-0.2, 0) is 4.74 Å². The average molecular weight is 131 g/mol. The van der Waals surface area contributed by atoms with Crippen molar-refractivity contribution in [1.82, 2.24) is 0 Å². The Balaban J connectivity index is 3.39. The molecule has 0 aromatic carbocycles. The second kappa shape index (κ2) is 4.51. The first-order valence-corrected chi connectivity index (χ1v) is 2.46. The van der Waals surface area contributed by atoms with Gasteiger partial charge in [-0.25, -0.2) is 0 Å². The minimum atomic E-state index is 0.314. The summed E-state index contributed by atoms with van der Waals surface area (Å²) in [6.07, 6.45) is 1.32. The topological polar surface area (TPSA) is 9.23 Å². The van der Waals surface area contributed by atoms with E-state index in [1.807, 2.05) is 0 Å². The molecule has 0 amide bonds. The summed E-state index contributed by atoms with van der Waals surface area (Å²) in [5.74, 6) is 0. The van der Waals surface area contributed by atoms with E-state index in [1.165, 1.54) is 6.26 Å². The highest BCUT2D eigenvalue weighted by atomic mass is 35.5. The highest BCUT2D eigenvalue weighted by molar-refractivity contribution is 6.29. The molecule has 0 atom stereocenters. The van der Waals surface area contributed by atoms with E-state index >= 15 is 0 Å². The smallest absolute Gasteiger partial charge is 0.130 e. The lowest BCUT2D eigenvalue weighted by molar-refractivity contribution is 0.288. The van der Waals surface area contributed by atoms with Crippen LogP contribution in [0.1, 0.15) is 0 Å². The Morgan fingerprint density at radius 3 is 2.88 bits per heavy atom. The van der Waals surface area contributed by atoms with Gasteiger partial charge in [0, 0.05) is 0 Å². The van der Waals surface area contributed by atoms with E-state index in [1.54, 1.807) is 0 Å². The van der Waals surface area contributed by atoms with Crippen molar-refractivity contribution < 1.29 is 4.74 Å². The molecule has 0 fully saturated rings. The van der Waals surface area contributed by atoms with Gasteiger partial charge in [-0.2, -0.15) is 0 Å². The molecule has 44 valence electrons. The number of rotatable bonds is 3. The molecule has 0 heterocycles. The van der Waals surface area contributed by atoms with Crippen molar-refractivity contribution >= 4 is 11.6 Å². The van der Waals surface area contributed by atoms with Gasteiger partial charge in [0.25, 0.3) is 0 Å². The molecule has 0 aromatic heterocycles. The molecule has 0 radical (unpaired) electrons. The van der Waals surface area contributed by atoms with Crippen molar-refractivity contribution in [3.63, 3.8) is 0 Å². The van der Waals surface area contributed by atoms with E-state index in [0.717, 1.165) is 0 Å². The first-order chi connectivity index (χ1) is 3.81. The molecule has 1 nitrogen and oxygen atoms in total. The van der Waals surface area contributed by atoms with Crippen molar-refractivity contribution in [1.29, 1.82) is 0 Å². The Bertz CT molecular complexity index is 122. The zero-order chi connectivity index (χ0) is 6.41. The van der Waals surface area contributed by atoms with E-state index in [0.29, 0.717) is 11.6 Å². The van der Waals surface area contributed by atoms with Gasteiger partial charge in [-0.3, -0.25) is 0 Å². The van der Waals surface area contributed by atoms with Crippen LogP contribution in [0.5, 0.6) is 0 Å².